The Balaban J connectivity index is 1.83. The summed E-state index contributed by atoms with van der Waals surface area (Å²) in [4.78, 5) is 14.7. The van der Waals surface area contributed by atoms with E-state index in [2.05, 4.69) is 58.2 Å². The van der Waals surface area contributed by atoms with Crippen molar-refractivity contribution in [1.29, 1.82) is 0 Å². The normalized spacial score (nSPS) is 11.3. The lowest BCUT2D eigenvalue weighted by Crippen LogP contribution is -2.02. The summed E-state index contributed by atoms with van der Waals surface area (Å²) in [7, 11) is 0. The molecule has 4 heteroatoms. The van der Waals surface area contributed by atoms with Crippen molar-refractivity contribution in [3.05, 3.63) is 102 Å². The third kappa shape index (κ3) is 5.71. The number of allylic oxidation sites excluding steroid dienone is 2. The number of ketones is 1. The summed E-state index contributed by atoms with van der Waals surface area (Å²) in [6, 6.07) is 26.1. The van der Waals surface area contributed by atoms with Crippen LogP contribution in [0.2, 0.25) is 0 Å². The van der Waals surface area contributed by atoms with Crippen LogP contribution in [0.4, 0.5) is 5.69 Å². The molecule has 3 aromatic carbocycles. The van der Waals surface area contributed by atoms with Gasteiger partial charge in [0.2, 0.25) is 0 Å². The van der Waals surface area contributed by atoms with E-state index in [1.165, 1.54) is 10.5 Å². The van der Waals surface area contributed by atoms with E-state index >= 15 is 0 Å². The smallest absolute Gasteiger partial charge is 0.187 e. The molecule has 0 amide bonds. The van der Waals surface area contributed by atoms with E-state index in [4.69, 9.17) is 0 Å². The van der Waals surface area contributed by atoms with E-state index in [1.807, 2.05) is 55.5 Å². The fourth-order valence-electron chi connectivity index (χ4n) is 2.58. The van der Waals surface area contributed by atoms with Gasteiger partial charge in [0.1, 0.15) is 0 Å². The molecule has 0 aliphatic rings. The first-order chi connectivity index (χ1) is 13.2. The van der Waals surface area contributed by atoms with E-state index in [1.54, 1.807) is 17.8 Å². The van der Waals surface area contributed by atoms with Gasteiger partial charge in [-0.2, -0.15) is 0 Å². The molecule has 136 valence electrons. The second kappa shape index (κ2) is 9.76. The number of alkyl halides is 1. The monoisotopic (exact) mass is 485 g/mol. The Morgan fingerprint density at radius 2 is 1.67 bits per heavy atom. The molecule has 0 aliphatic carbocycles. The molecule has 0 aliphatic heterocycles. The summed E-state index contributed by atoms with van der Waals surface area (Å²) >= 11 is 4.10. The molecule has 0 bridgehead atoms. The van der Waals surface area contributed by atoms with Gasteiger partial charge in [0.15, 0.2) is 5.78 Å². The second-order valence-corrected chi connectivity index (χ2v) is 7.94. The van der Waals surface area contributed by atoms with Crippen molar-refractivity contribution in [1.82, 2.24) is 0 Å². The number of rotatable bonds is 7. The SMILES string of the molecule is C/C(=C/C(=O)c1ccccc1)Nc1ccc(CI)cc1Sc1ccccc1. The molecule has 0 heterocycles. The summed E-state index contributed by atoms with van der Waals surface area (Å²) in [5, 5.41) is 3.40. The van der Waals surface area contributed by atoms with Gasteiger partial charge in [-0.3, -0.25) is 4.79 Å². The Kier molecular flexibility index (Phi) is 7.12. The molecule has 0 unspecified atom stereocenters. The molecule has 27 heavy (non-hydrogen) atoms. The first kappa shape index (κ1) is 19.7. The van der Waals surface area contributed by atoms with Gasteiger partial charge in [0.05, 0.1) is 5.69 Å². The maximum absolute atomic E-state index is 12.4. The summed E-state index contributed by atoms with van der Waals surface area (Å²) in [6.07, 6.45) is 1.65. The fraction of sp³-hybridized carbons (Fsp3) is 0.0870. The van der Waals surface area contributed by atoms with Crippen molar-refractivity contribution in [3.63, 3.8) is 0 Å². The number of hydrogen-bond donors (Lipinski definition) is 1. The van der Waals surface area contributed by atoms with Gasteiger partial charge < -0.3 is 5.32 Å². The largest absolute Gasteiger partial charge is 0.358 e. The Bertz CT molecular complexity index is 939. The fourth-order valence-corrected chi connectivity index (χ4v) is 4.04. The molecule has 2 nitrogen and oxygen atoms in total. The average molecular weight is 485 g/mol. The minimum atomic E-state index is 0.00162. The molecule has 0 saturated carbocycles. The van der Waals surface area contributed by atoms with E-state index in [0.29, 0.717) is 5.56 Å². The Morgan fingerprint density at radius 1 is 1.00 bits per heavy atom. The standard InChI is InChI=1S/C23H20INOS/c1-17(14-22(26)19-8-4-2-5-9-19)25-21-13-12-18(16-24)15-23(21)27-20-10-6-3-7-11-20/h2-15,25H,16H2,1H3/b17-14-. The zero-order chi connectivity index (χ0) is 19.1. The predicted octanol–water partition coefficient (Wildman–Crippen LogP) is 6.97. The van der Waals surface area contributed by atoms with Crippen molar-refractivity contribution in [2.75, 3.05) is 5.32 Å². The summed E-state index contributed by atoms with van der Waals surface area (Å²) in [6.45, 7) is 1.92. The molecule has 3 rings (SSSR count). The molecule has 1 N–H and O–H groups in total. The van der Waals surface area contributed by atoms with Gasteiger partial charge in [0, 0.05) is 31.6 Å². The number of halogens is 1. The van der Waals surface area contributed by atoms with Crippen molar-refractivity contribution < 1.29 is 4.79 Å². The molecule has 0 saturated heterocycles. The van der Waals surface area contributed by atoms with E-state index < -0.39 is 0 Å². The van der Waals surface area contributed by atoms with Crippen LogP contribution in [0, 0.1) is 0 Å². The van der Waals surface area contributed by atoms with Crippen LogP contribution in [-0.2, 0) is 4.43 Å². The number of carbonyl (C=O) groups is 1. The number of anilines is 1. The van der Waals surface area contributed by atoms with Gasteiger partial charge in [0.25, 0.3) is 0 Å². The number of nitrogens with one attached hydrogen (secondary N) is 1. The Morgan fingerprint density at radius 3 is 2.33 bits per heavy atom. The lowest BCUT2D eigenvalue weighted by molar-refractivity contribution is 0.104. The Hall–Kier alpha value is -2.05. The third-order valence-electron chi connectivity index (χ3n) is 3.91. The van der Waals surface area contributed by atoms with Gasteiger partial charge in [-0.05, 0) is 36.8 Å². The number of hydrogen-bond acceptors (Lipinski definition) is 3. The van der Waals surface area contributed by atoms with Crippen LogP contribution in [-0.4, -0.2) is 5.78 Å². The number of benzene rings is 3. The van der Waals surface area contributed by atoms with Crippen LogP contribution in [0.3, 0.4) is 0 Å². The second-order valence-electron chi connectivity index (χ2n) is 6.06. The molecule has 0 spiro atoms. The summed E-state index contributed by atoms with van der Waals surface area (Å²) in [5.74, 6) is 0.00162. The molecule has 0 aromatic heterocycles. The maximum Gasteiger partial charge on any atom is 0.187 e. The average Bonchev–Trinajstić information content (AvgIpc) is 2.70. The first-order valence-corrected chi connectivity index (χ1v) is 11.0. The van der Waals surface area contributed by atoms with Crippen LogP contribution in [0.15, 0.2) is 100 Å². The van der Waals surface area contributed by atoms with Crippen LogP contribution in [0.25, 0.3) is 0 Å². The molecular weight excluding hydrogens is 465 g/mol. The minimum absolute atomic E-state index is 0.00162. The molecule has 0 radical (unpaired) electrons. The predicted molar refractivity (Wildman–Crippen MR) is 123 cm³/mol. The van der Waals surface area contributed by atoms with Crippen LogP contribution >= 0.6 is 34.4 Å². The molecule has 0 atom stereocenters. The highest BCUT2D eigenvalue weighted by Gasteiger charge is 2.08. The summed E-state index contributed by atoms with van der Waals surface area (Å²) < 4.78 is 0.960. The van der Waals surface area contributed by atoms with Crippen molar-refractivity contribution in [2.24, 2.45) is 0 Å². The molecular formula is C23H20INOS. The zero-order valence-electron chi connectivity index (χ0n) is 15.0. The topological polar surface area (TPSA) is 29.1 Å². The van der Waals surface area contributed by atoms with Gasteiger partial charge >= 0.3 is 0 Å². The lowest BCUT2D eigenvalue weighted by atomic mass is 10.1. The molecule has 3 aromatic rings. The zero-order valence-corrected chi connectivity index (χ0v) is 18.0. The van der Waals surface area contributed by atoms with E-state index in [-0.39, 0.29) is 5.78 Å². The Labute approximate surface area is 178 Å². The first-order valence-electron chi connectivity index (χ1n) is 8.62. The highest BCUT2D eigenvalue weighted by Crippen LogP contribution is 2.35. The van der Waals surface area contributed by atoms with E-state index in [0.717, 1.165) is 20.7 Å². The molecule has 0 fully saturated rings. The van der Waals surface area contributed by atoms with Crippen molar-refractivity contribution in [2.45, 2.75) is 21.1 Å². The highest BCUT2D eigenvalue weighted by atomic mass is 127. The van der Waals surface area contributed by atoms with Gasteiger partial charge in [-0.25, -0.2) is 0 Å². The number of carbonyl (C=O) groups excluding carboxylic acids is 1. The van der Waals surface area contributed by atoms with Crippen LogP contribution in [0.5, 0.6) is 0 Å². The lowest BCUT2D eigenvalue weighted by Gasteiger charge is -2.13. The van der Waals surface area contributed by atoms with E-state index in [9.17, 15) is 4.79 Å². The summed E-state index contributed by atoms with van der Waals surface area (Å²) in [5.41, 5.74) is 3.80. The van der Waals surface area contributed by atoms with Crippen molar-refractivity contribution >= 4 is 45.8 Å². The highest BCUT2D eigenvalue weighted by molar-refractivity contribution is 14.1. The quantitative estimate of drug-likeness (QED) is 0.170. The van der Waals surface area contributed by atoms with Gasteiger partial charge in [-0.15, -0.1) is 0 Å². The van der Waals surface area contributed by atoms with Crippen molar-refractivity contribution in [3.8, 4) is 0 Å². The van der Waals surface area contributed by atoms with Crippen LogP contribution in [0.1, 0.15) is 22.8 Å². The minimum Gasteiger partial charge on any atom is -0.358 e. The van der Waals surface area contributed by atoms with Gasteiger partial charge in [-0.1, -0.05) is 89.0 Å². The maximum atomic E-state index is 12.4. The van der Waals surface area contributed by atoms with Crippen LogP contribution < -0.4 is 5.32 Å². The third-order valence-corrected chi connectivity index (χ3v) is 5.86.